The Morgan fingerprint density at radius 2 is 1.92 bits per heavy atom. The van der Waals surface area contributed by atoms with Gasteiger partial charge in [-0.1, -0.05) is 0 Å². The molecular weight excluding hydrogens is 330 g/mol. The van der Waals surface area contributed by atoms with Crippen molar-refractivity contribution in [1.82, 2.24) is 4.37 Å². The summed E-state index contributed by atoms with van der Waals surface area (Å²) in [4.78, 5) is 24.4. The average molecular weight is 349 g/mol. The first kappa shape index (κ1) is 17.7. The van der Waals surface area contributed by atoms with E-state index in [1.807, 2.05) is 0 Å². The van der Waals surface area contributed by atoms with Gasteiger partial charge in [0.05, 0.1) is 12.8 Å². The number of carbonyl (C=O) groups excluding carboxylic acids is 2. The zero-order valence-corrected chi connectivity index (χ0v) is 14.7. The van der Waals surface area contributed by atoms with E-state index in [-0.39, 0.29) is 0 Å². The van der Waals surface area contributed by atoms with Gasteiger partial charge < -0.3 is 20.1 Å². The van der Waals surface area contributed by atoms with Gasteiger partial charge in [-0.05, 0) is 49.6 Å². The fourth-order valence-corrected chi connectivity index (χ4v) is 2.71. The van der Waals surface area contributed by atoms with Crippen molar-refractivity contribution in [1.29, 1.82) is 0 Å². The molecule has 1 atom stereocenters. The van der Waals surface area contributed by atoms with Crippen molar-refractivity contribution in [3.8, 4) is 5.75 Å². The maximum atomic E-state index is 12.3. The molecule has 0 aliphatic carbocycles. The molecule has 0 bridgehead atoms. The van der Waals surface area contributed by atoms with Crippen LogP contribution in [-0.4, -0.2) is 36.5 Å². The Morgan fingerprint density at radius 3 is 2.50 bits per heavy atom. The Bertz CT molecular complexity index is 727. The number of hydrogen-bond donors (Lipinski definition) is 2. The van der Waals surface area contributed by atoms with Gasteiger partial charge in [0, 0.05) is 12.7 Å². The van der Waals surface area contributed by atoms with Crippen LogP contribution in [0.25, 0.3) is 0 Å². The Labute approximate surface area is 144 Å². The summed E-state index contributed by atoms with van der Waals surface area (Å²) in [6, 6.07) is 6.87. The van der Waals surface area contributed by atoms with Crippen molar-refractivity contribution in [3.05, 3.63) is 35.5 Å². The minimum Gasteiger partial charge on any atom is -0.497 e. The number of nitrogens with one attached hydrogen (secondary N) is 2. The first-order chi connectivity index (χ1) is 11.5. The lowest BCUT2D eigenvalue weighted by Gasteiger charge is -2.14. The van der Waals surface area contributed by atoms with Gasteiger partial charge in [-0.2, -0.15) is 4.37 Å². The third-order valence-corrected chi connectivity index (χ3v) is 4.26. The summed E-state index contributed by atoms with van der Waals surface area (Å²) in [5, 5.41) is 6.19. The van der Waals surface area contributed by atoms with E-state index in [2.05, 4.69) is 15.0 Å². The number of carbonyl (C=O) groups is 2. The molecule has 2 rings (SSSR count). The van der Waals surface area contributed by atoms with Crippen molar-refractivity contribution >= 4 is 34.1 Å². The predicted octanol–water partition coefficient (Wildman–Crippen LogP) is 2.69. The number of esters is 1. The molecule has 128 valence electrons. The predicted molar refractivity (Wildman–Crippen MR) is 92.9 cm³/mol. The van der Waals surface area contributed by atoms with Crippen LogP contribution in [-0.2, 0) is 9.53 Å². The second kappa shape index (κ2) is 7.78. The summed E-state index contributed by atoms with van der Waals surface area (Å²) in [6.45, 7) is 3.24. The molecule has 2 N–H and O–H groups in total. The van der Waals surface area contributed by atoms with E-state index in [1.54, 1.807) is 45.3 Å². The molecule has 0 unspecified atom stereocenters. The lowest BCUT2D eigenvalue weighted by Crippen LogP contribution is -2.30. The lowest BCUT2D eigenvalue weighted by atomic mass is 10.2. The van der Waals surface area contributed by atoms with Crippen LogP contribution in [0.2, 0.25) is 0 Å². The van der Waals surface area contributed by atoms with Crippen molar-refractivity contribution in [2.75, 3.05) is 24.8 Å². The van der Waals surface area contributed by atoms with Gasteiger partial charge in [-0.25, -0.2) is 4.79 Å². The maximum Gasteiger partial charge on any atom is 0.343 e. The number of methoxy groups -OCH3 is 1. The van der Waals surface area contributed by atoms with Gasteiger partial charge in [0.25, 0.3) is 5.91 Å². The number of anilines is 2. The standard InChI is InChI=1S/C16H19N3O4S/c1-9-13(15(17-3)24-19-9)16(21)23-10(2)14(20)18-11-5-7-12(22-4)8-6-11/h5-8,10,17H,1-4H3,(H,18,20)/t10-/m0/s1. The number of ether oxygens (including phenoxy) is 2. The number of hydrogen-bond acceptors (Lipinski definition) is 7. The minimum absolute atomic E-state index is 0.353. The zero-order valence-electron chi connectivity index (χ0n) is 13.9. The quantitative estimate of drug-likeness (QED) is 0.780. The molecule has 2 aromatic rings. The van der Waals surface area contributed by atoms with E-state index in [9.17, 15) is 9.59 Å². The van der Waals surface area contributed by atoms with E-state index in [1.165, 1.54) is 18.5 Å². The van der Waals surface area contributed by atoms with E-state index in [0.717, 1.165) is 0 Å². The van der Waals surface area contributed by atoms with Crippen molar-refractivity contribution in [3.63, 3.8) is 0 Å². The molecule has 1 aromatic carbocycles. The smallest absolute Gasteiger partial charge is 0.343 e. The highest BCUT2D eigenvalue weighted by Crippen LogP contribution is 2.25. The second-order valence-electron chi connectivity index (χ2n) is 4.99. The molecule has 0 saturated heterocycles. The number of aromatic nitrogens is 1. The summed E-state index contributed by atoms with van der Waals surface area (Å²) in [5.41, 5.74) is 1.51. The molecule has 1 heterocycles. The molecule has 8 heteroatoms. The Morgan fingerprint density at radius 1 is 1.25 bits per heavy atom. The van der Waals surface area contributed by atoms with Gasteiger partial charge in [-0.3, -0.25) is 4.79 Å². The maximum absolute atomic E-state index is 12.3. The highest BCUT2D eigenvalue weighted by molar-refractivity contribution is 7.10. The summed E-state index contributed by atoms with van der Waals surface area (Å²) in [5.74, 6) is -0.309. The fourth-order valence-electron chi connectivity index (χ4n) is 1.97. The largest absolute Gasteiger partial charge is 0.497 e. The third-order valence-electron chi connectivity index (χ3n) is 3.30. The van der Waals surface area contributed by atoms with Crippen LogP contribution >= 0.6 is 11.5 Å². The summed E-state index contributed by atoms with van der Waals surface area (Å²) in [6.07, 6.45) is -0.941. The monoisotopic (exact) mass is 349 g/mol. The van der Waals surface area contributed by atoms with E-state index < -0.39 is 18.0 Å². The summed E-state index contributed by atoms with van der Waals surface area (Å²) < 4.78 is 14.4. The van der Waals surface area contributed by atoms with Crippen molar-refractivity contribution in [2.24, 2.45) is 0 Å². The molecule has 0 saturated carbocycles. The molecule has 7 nitrogen and oxygen atoms in total. The molecular formula is C16H19N3O4S. The SMILES string of the molecule is CNc1snc(C)c1C(=O)O[C@@H](C)C(=O)Nc1ccc(OC)cc1. The second-order valence-corrected chi connectivity index (χ2v) is 5.76. The summed E-state index contributed by atoms with van der Waals surface area (Å²) >= 11 is 1.17. The van der Waals surface area contributed by atoms with Crippen LogP contribution in [0.15, 0.2) is 24.3 Å². The molecule has 1 aromatic heterocycles. The fraction of sp³-hybridized carbons (Fsp3) is 0.312. The number of nitrogens with zero attached hydrogens (tertiary/aromatic N) is 1. The molecule has 0 aliphatic heterocycles. The summed E-state index contributed by atoms with van der Waals surface area (Å²) in [7, 11) is 3.26. The molecule has 0 aliphatic rings. The lowest BCUT2D eigenvalue weighted by molar-refractivity contribution is -0.123. The van der Waals surface area contributed by atoms with Gasteiger partial charge in [0.2, 0.25) is 0 Å². The Kier molecular flexibility index (Phi) is 5.75. The van der Waals surface area contributed by atoms with E-state index in [0.29, 0.717) is 27.7 Å². The molecule has 0 radical (unpaired) electrons. The van der Waals surface area contributed by atoms with Crippen LogP contribution in [0.5, 0.6) is 5.75 Å². The van der Waals surface area contributed by atoms with Crippen molar-refractivity contribution < 1.29 is 19.1 Å². The Balaban J connectivity index is 2.00. The molecule has 24 heavy (non-hydrogen) atoms. The van der Waals surface area contributed by atoms with Gasteiger partial charge in [-0.15, -0.1) is 0 Å². The van der Waals surface area contributed by atoms with Gasteiger partial charge in [0.1, 0.15) is 16.3 Å². The molecule has 0 spiro atoms. The first-order valence-corrected chi connectivity index (χ1v) is 8.03. The van der Waals surface area contributed by atoms with Crippen molar-refractivity contribution in [2.45, 2.75) is 20.0 Å². The number of benzene rings is 1. The van der Waals surface area contributed by atoms with Gasteiger partial charge >= 0.3 is 5.97 Å². The highest BCUT2D eigenvalue weighted by atomic mass is 32.1. The highest BCUT2D eigenvalue weighted by Gasteiger charge is 2.24. The number of aryl methyl sites for hydroxylation is 1. The normalized spacial score (nSPS) is 11.5. The van der Waals surface area contributed by atoms with Crippen LogP contribution in [0.3, 0.4) is 0 Å². The molecule has 1 amide bonds. The van der Waals surface area contributed by atoms with E-state index >= 15 is 0 Å². The molecule has 0 fully saturated rings. The first-order valence-electron chi connectivity index (χ1n) is 7.26. The Hall–Kier alpha value is -2.61. The van der Waals surface area contributed by atoms with Crippen LogP contribution in [0, 0.1) is 6.92 Å². The van der Waals surface area contributed by atoms with E-state index in [4.69, 9.17) is 9.47 Å². The van der Waals surface area contributed by atoms with Crippen LogP contribution < -0.4 is 15.4 Å². The zero-order chi connectivity index (χ0) is 17.7. The topological polar surface area (TPSA) is 89.5 Å². The average Bonchev–Trinajstić information content (AvgIpc) is 2.96. The van der Waals surface area contributed by atoms with Crippen LogP contribution in [0.1, 0.15) is 23.0 Å². The third kappa shape index (κ3) is 4.02. The van der Waals surface area contributed by atoms with Crippen LogP contribution in [0.4, 0.5) is 10.7 Å². The van der Waals surface area contributed by atoms with Gasteiger partial charge in [0.15, 0.2) is 6.10 Å². The minimum atomic E-state index is -0.941. The number of rotatable bonds is 6. The number of amides is 1.